The van der Waals surface area contributed by atoms with Crippen LogP contribution in [-0.2, 0) is 11.2 Å². The second kappa shape index (κ2) is 8.36. The van der Waals surface area contributed by atoms with Crippen LogP contribution in [0.1, 0.15) is 32.4 Å². The third-order valence-corrected chi connectivity index (χ3v) is 2.53. The van der Waals surface area contributed by atoms with E-state index >= 15 is 0 Å². The number of ether oxygens (including phenoxy) is 1. The molecule has 0 spiro atoms. The molecule has 92 valence electrons. The average molecular weight is 225 g/mol. The minimum atomic E-state index is 0.435. The third-order valence-electron chi connectivity index (χ3n) is 2.53. The first-order valence-electron chi connectivity index (χ1n) is 6.20. The van der Waals surface area contributed by atoms with Crippen molar-refractivity contribution >= 4 is 0 Å². The summed E-state index contributed by atoms with van der Waals surface area (Å²) < 4.78 is 10.8. The van der Waals surface area contributed by atoms with Gasteiger partial charge in [0, 0.05) is 19.1 Å². The van der Waals surface area contributed by atoms with Gasteiger partial charge in [-0.25, -0.2) is 0 Å². The van der Waals surface area contributed by atoms with Crippen LogP contribution in [-0.4, -0.2) is 25.8 Å². The molecule has 0 fully saturated rings. The maximum atomic E-state index is 5.47. The van der Waals surface area contributed by atoms with E-state index in [0.29, 0.717) is 6.04 Å². The van der Waals surface area contributed by atoms with Gasteiger partial charge in [0.1, 0.15) is 5.76 Å². The highest BCUT2D eigenvalue weighted by molar-refractivity contribution is 4.98. The first-order valence-corrected chi connectivity index (χ1v) is 6.20. The van der Waals surface area contributed by atoms with Gasteiger partial charge in [0.15, 0.2) is 0 Å². The van der Waals surface area contributed by atoms with Gasteiger partial charge in [-0.3, -0.25) is 0 Å². The number of hydrogen-bond acceptors (Lipinski definition) is 3. The molecule has 1 atom stereocenters. The molecule has 0 bridgehead atoms. The molecule has 3 nitrogen and oxygen atoms in total. The first-order chi connectivity index (χ1) is 7.86. The highest BCUT2D eigenvalue weighted by atomic mass is 16.5. The van der Waals surface area contributed by atoms with Crippen molar-refractivity contribution in [3.05, 3.63) is 24.2 Å². The third kappa shape index (κ3) is 5.33. The molecular weight excluding hydrogens is 202 g/mol. The zero-order chi connectivity index (χ0) is 11.6. The molecule has 16 heavy (non-hydrogen) atoms. The van der Waals surface area contributed by atoms with Gasteiger partial charge in [0.2, 0.25) is 0 Å². The van der Waals surface area contributed by atoms with Crippen molar-refractivity contribution in [1.82, 2.24) is 5.32 Å². The molecule has 0 aromatic carbocycles. The smallest absolute Gasteiger partial charge is 0.103 e. The van der Waals surface area contributed by atoms with Crippen molar-refractivity contribution in [1.29, 1.82) is 0 Å². The van der Waals surface area contributed by atoms with E-state index in [1.807, 2.05) is 19.1 Å². The fraction of sp³-hybridized carbons (Fsp3) is 0.692. The lowest BCUT2D eigenvalue weighted by molar-refractivity contribution is 0.119. The van der Waals surface area contributed by atoms with Crippen LogP contribution in [0.2, 0.25) is 0 Å². The Labute approximate surface area is 98.2 Å². The van der Waals surface area contributed by atoms with Gasteiger partial charge in [-0.15, -0.1) is 0 Å². The molecule has 1 unspecified atom stereocenters. The Bertz CT molecular complexity index is 238. The predicted octanol–water partition coefficient (Wildman–Crippen LogP) is 2.62. The van der Waals surface area contributed by atoms with Gasteiger partial charge < -0.3 is 14.5 Å². The average Bonchev–Trinajstić information content (AvgIpc) is 2.81. The summed E-state index contributed by atoms with van der Waals surface area (Å²) >= 11 is 0. The monoisotopic (exact) mass is 225 g/mol. The van der Waals surface area contributed by atoms with E-state index < -0.39 is 0 Å². The topological polar surface area (TPSA) is 34.4 Å². The van der Waals surface area contributed by atoms with Crippen LogP contribution in [0.3, 0.4) is 0 Å². The normalized spacial score (nSPS) is 12.9. The van der Waals surface area contributed by atoms with Crippen molar-refractivity contribution < 1.29 is 9.15 Å². The molecular formula is C13H23NO2. The zero-order valence-electron chi connectivity index (χ0n) is 10.4. The molecule has 0 radical (unpaired) electrons. The second-order valence-corrected chi connectivity index (χ2v) is 3.93. The lowest BCUT2D eigenvalue weighted by Gasteiger charge is -2.17. The molecule has 0 amide bonds. The van der Waals surface area contributed by atoms with Crippen molar-refractivity contribution in [3.8, 4) is 0 Å². The van der Waals surface area contributed by atoms with Crippen molar-refractivity contribution in [2.75, 3.05) is 19.8 Å². The van der Waals surface area contributed by atoms with Gasteiger partial charge in [-0.05, 0) is 38.4 Å². The predicted molar refractivity (Wildman–Crippen MR) is 65.6 cm³/mol. The van der Waals surface area contributed by atoms with E-state index in [1.54, 1.807) is 6.26 Å². The Kier molecular flexibility index (Phi) is 6.93. The molecule has 0 aliphatic rings. The Morgan fingerprint density at radius 1 is 1.44 bits per heavy atom. The summed E-state index contributed by atoms with van der Waals surface area (Å²) in [4.78, 5) is 0. The maximum Gasteiger partial charge on any atom is 0.103 e. The molecule has 0 aliphatic heterocycles. The highest BCUT2D eigenvalue weighted by Gasteiger charge is 2.08. The van der Waals surface area contributed by atoms with Crippen LogP contribution < -0.4 is 5.32 Å². The van der Waals surface area contributed by atoms with Gasteiger partial charge in [-0.1, -0.05) is 6.92 Å². The maximum absolute atomic E-state index is 5.47. The van der Waals surface area contributed by atoms with E-state index in [2.05, 4.69) is 12.2 Å². The van der Waals surface area contributed by atoms with E-state index in [9.17, 15) is 0 Å². The molecule has 0 aliphatic carbocycles. The van der Waals surface area contributed by atoms with E-state index in [4.69, 9.17) is 9.15 Å². The molecule has 1 N–H and O–H groups in total. The minimum absolute atomic E-state index is 0.435. The van der Waals surface area contributed by atoms with Crippen molar-refractivity contribution in [3.63, 3.8) is 0 Å². The zero-order valence-corrected chi connectivity index (χ0v) is 10.4. The summed E-state index contributed by atoms with van der Waals surface area (Å²) in [6.07, 6.45) is 4.92. The van der Waals surface area contributed by atoms with E-state index in [-0.39, 0.29) is 0 Å². The molecule has 1 heterocycles. The fourth-order valence-corrected chi connectivity index (χ4v) is 1.62. The van der Waals surface area contributed by atoms with Crippen molar-refractivity contribution in [2.45, 2.75) is 39.2 Å². The summed E-state index contributed by atoms with van der Waals surface area (Å²) in [6, 6.07) is 4.40. The molecule has 0 saturated heterocycles. The van der Waals surface area contributed by atoms with Gasteiger partial charge >= 0.3 is 0 Å². The SMILES string of the molecule is CCCNC(CCc1ccco1)COCC. The molecule has 0 saturated carbocycles. The molecule has 3 heteroatoms. The van der Waals surface area contributed by atoms with Crippen molar-refractivity contribution in [2.24, 2.45) is 0 Å². The Morgan fingerprint density at radius 2 is 2.31 bits per heavy atom. The number of furan rings is 1. The van der Waals surface area contributed by atoms with Crippen LogP contribution in [0.25, 0.3) is 0 Å². The summed E-state index contributed by atoms with van der Waals surface area (Å²) in [5.74, 6) is 1.06. The summed E-state index contributed by atoms with van der Waals surface area (Å²) in [6.45, 7) is 6.83. The number of nitrogens with one attached hydrogen (secondary N) is 1. The van der Waals surface area contributed by atoms with Crippen LogP contribution in [0, 0.1) is 0 Å². The highest BCUT2D eigenvalue weighted by Crippen LogP contribution is 2.06. The lowest BCUT2D eigenvalue weighted by Crippen LogP contribution is -2.34. The largest absolute Gasteiger partial charge is 0.469 e. The second-order valence-electron chi connectivity index (χ2n) is 3.93. The summed E-state index contributed by atoms with van der Waals surface area (Å²) in [5.41, 5.74) is 0. The quantitative estimate of drug-likeness (QED) is 0.701. The Balaban J connectivity index is 2.25. The van der Waals surface area contributed by atoms with Crippen LogP contribution in [0.4, 0.5) is 0 Å². The van der Waals surface area contributed by atoms with E-state index in [0.717, 1.165) is 44.8 Å². The number of hydrogen-bond donors (Lipinski definition) is 1. The minimum Gasteiger partial charge on any atom is -0.469 e. The van der Waals surface area contributed by atoms with E-state index in [1.165, 1.54) is 0 Å². The number of aryl methyl sites for hydroxylation is 1. The van der Waals surface area contributed by atoms with Gasteiger partial charge in [0.25, 0.3) is 0 Å². The molecule has 1 aromatic heterocycles. The molecule has 1 rings (SSSR count). The Morgan fingerprint density at radius 3 is 2.94 bits per heavy atom. The molecule has 1 aromatic rings. The van der Waals surface area contributed by atoms with Gasteiger partial charge in [-0.2, -0.15) is 0 Å². The summed E-state index contributed by atoms with van der Waals surface area (Å²) in [5, 5.41) is 3.50. The lowest BCUT2D eigenvalue weighted by atomic mass is 10.1. The van der Waals surface area contributed by atoms with Crippen LogP contribution in [0.15, 0.2) is 22.8 Å². The standard InChI is InChI=1S/C13H23NO2/c1-3-9-14-12(11-15-4-2)7-8-13-6-5-10-16-13/h5-6,10,12,14H,3-4,7-9,11H2,1-2H3. The Hall–Kier alpha value is -0.800. The number of rotatable bonds is 9. The summed E-state index contributed by atoms with van der Waals surface area (Å²) in [7, 11) is 0. The fourth-order valence-electron chi connectivity index (χ4n) is 1.62. The van der Waals surface area contributed by atoms with Crippen LogP contribution >= 0.6 is 0 Å². The first kappa shape index (κ1) is 13.3. The van der Waals surface area contributed by atoms with Crippen LogP contribution in [0.5, 0.6) is 0 Å². The van der Waals surface area contributed by atoms with Gasteiger partial charge in [0.05, 0.1) is 12.9 Å².